The lowest BCUT2D eigenvalue weighted by Crippen LogP contribution is -2.41. The summed E-state index contributed by atoms with van der Waals surface area (Å²) in [7, 11) is 0. The number of carboxylic acid groups (broad SMARTS) is 1. The van der Waals surface area contributed by atoms with E-state index in [1.54, 1.807) is 11.8 Å². The first-order valence-electron chi connectivity index (χ1n) is 6.64. The molecule has 7 heteroatoms. The monoisotopic (exact) mass is 312 g/mol. The highest BCUT2D eigenvalue weighted by Crippen LogP contribution is 2.28. The van der Waals surface area contributed by atoms with Crippen LogP contribution in [0, 0.1) is 5.82 Å². The van der Waals surface area contributed by atoms with Gasteiger partial charge in [-0.2, -0.15) is 11.8 Å². The van der Waals surface area contributed by atoms with E-state index >= 15 is 0 Å². The van der Waals surface area contributed by atoms with Gasteiger partial charge in [0.2, 0.25) is 0 Å². The lowest BCUT2D eigenvalue weighted by Gasteiger charge is -2.19. The van der Waals surface area contributed by atoms with Crippen molar-refractivity contribution in [3.05, 3.63) is 29.6 Å². The Morgan fingerprint density at radius 2 is 2.14 bits per heavy atom. The SMILES string of the molecule is CSC1CCCC1NC(=O)Nc1ccc(F)c(C(=O)O)c1. The van der Waals surface area contributed by atoms with E-state index in [9.17, 15) is 14.0 Å². The van der Waals surface area contributed by atoms with Crippen molar-refractivity contribution in [2.24, 2.45) is 0 Å². The topological polar surface area (TPSA) is 78.4 Å². The number of hydrogen-bond donors (Lipinski definition) is 3. The molecule has 0 spiro atoms. The second-order valence-electron chi connectivity index (χ2n) is 4.91. The maximum atomic E-state index is 13.3. The summed E-state index contributed by atoms with van der Waals surface area (Å²) in [5.41, 5.74) is -0.208. The minimum atomic E-state index is -1.37. The van der Waals surface area contributed by atoms with Crippen molar-refractivity contribution in [3.8, 4) is 0 Å². The van der Waals surface area contributed by atoms with E-state index in [-0.39, 0.29) is 11.7 Å². The number of halogens is 1. The molecule has 0 saturated heterocycles. The van der Waals surface area contributed by atoms with E-state index in [2.05, 4.69) is 10.6 Å². The van der Waals surface area contributed by atoms with Gasteiger partial charge < -0.3 is 15.7 Å². The smallest absolute Gasteiger partial charge is 0.338 e. The maximum absolute atomic E-state index is 13.3. The molecule has 2 rings (SSSR count). The quantitative estimate of drug-likeness (QED) is 0.799. The van der Waals surface area contributed by atoms with Gasteiger partial charge in [0.25, 0.3) is 0 Å². The normalized spacial score (nSPS) is 21.0. The lowest BCUT2D eigenvalue weighted by atomic mass is 10.2. The molecule has 0 heterocycles. The highest BCUT2D eigenvalue weighted by atomic mass is 32.2. The molecule has 2 amide bonds. The van der Waals surface area contributed by atoms with E-state index < -0.39 is 23.4 Å². The minimum absolute atomic E-state index is 0.111. The van der Waals surface area contributed by atoms with Gasteiger partial charge in [0.05, 0.1) is 5.56 Å². The minimum Gasteiger partial charge on any atom is -0.478 e. The second kappa shape index (κ2) is 6.80. The first-order chi connectivity index (χ1) is 10.0. The number of aromatic carboxylic acids is 1. The van der Waals surface area contributed by atoms with Crippen LogP contribution >= 0.6 is 11.8 Å². The Bertz CT molecular complexity index is 553. The van der Waals surface area contributed by atoms with Gasteiger partial charge in [-0.15, -0.1) is 0 Å². The predicted octanol–water partition coefficient (Wildman–Crippen LogP) is 2.93. The first kappa shape index (κ1) is 15.6. The standard InChI is InChI=1S/C14H17FN2O3S/c1-21-12-4-2-3-11(12)17-14(20)16-8-5-6-10(15)9(7-8)13(18)19/h5-7,11-12H,2-4H2,1H3,(H,18,19)(H2,16,17,20). The van der Waals surface area contributed by atoms with Crippen LogP contribution in [-0.2, 0) is 0 Å². The van der Waals surface area contributed by atoms with Gasteiger partial charge >= 0.3 is 12.0 Å². The van der Waals surface area contributed by atoms with Gasteiger partial charge in [-0.3, -0.25) is 0 Å². The zero-order valence-corrected chi connectivity index (χ0v) is 12.4. The number of nitrogens with one attached hydrogen (secondary N) is 2. The molecule has 3 N–H and O–H groups in total. The summed E-state index contributed by atoms with van der Waals surface area (Å²) >= 11 is 1.73. The fourth-order valence-electron chi connectivity index (χ4n) is 2.48. The number of benzene rings is 1. The summed E-state index contributed by atoms with van der Waals surface area (Å²) in [4.78, 5) is 22.8. The van der Waals surface area contributed by atoms with E-state index in [1.807, 2.05) is 6.26 Å². The van der Waals surface area contributed by atoms with Gasteiger partial charge in [-0.05, 0) is 37.3 Å². The molecule has 0 radical (unpaired) electrons. The fraction of sp³-hybridized carbons (Fsp3) is 0.429. The Morgan fingerprint density at radius 1 is 1.38 bits per heavy atom. The van der Waals surface area contributed by atoms with Crippen LogP contribution in [0.15, 0.2) is 18.2 Å². The zero-order valence-electron chi connectivity index (χ0n) is 11.6. The summed E-state index contributed by atoms with van der Waals surface area (Å²) < 4.78 is 13.3. The van der Waals surface area contributed by atoms with E-state index in [0.29, 0.717) is 5.25 Å². The molecule has 0 aliphatic heterocycles. The molecule has 114 valence electrons. The van der Waals surface area contributed by atoms with Crippen LogP contribution in [0.4, 0.5) is 14.9 Å². The van der Waals surface area contributed by atoms with Gasteiger partial charge in [-0.25, -0.2) is 14.0 Å². The fourth-order valence-corrected chi connectivity index (χ4v) is 3.41. The van der Waals surface area contributed by atoms with E-state index in [4.69, 9.17) is 5.11 Å². The summed E-state index contributed by atoms with van der Waals surface area (Å²) in [6, 6.07) is 3.18. The zero-order chi connectivity index (χ0) is 15.4. The van der Waals surface area contributed by atoms with Crippen LogP contribution in [0.5, 0.6) is 0 Å². The number of amides is 2. The van der Waals surface area contributed by atoms with Gasteiger partial charge in [-0.1, -0.05) is 6.42 Å². The molecule has 1 saturated carbocycles. The number of carboxylic acids is 1. The number of carbonyl (C=O) groups is 2. The van der Waals surface area contributed by atoms with Crippen LogP contribution in [0.3, 0.4) is 0 Å². The van der Waals surface area contributed by atoms with Crippen molar-refractivity contribution >= 4 is 29.4 Å². The maximum Gasteiger partial charge on any atom is 0.338 e. The molecule has 1 aromatic rings. The van der Waals surface area contributed by atoms with Crippen LogP contribution in [0.1, 0.15) is 29.6 Å². The van der Waals surface area contributed by atoms with E-state index in [1.165, 1.54) is 6.07 Å². The number of thioether (sulfide) groups is 1. The summed E-state index contributed by atoms with van der Waals surface area (Å²) in [5.74, 6) is -2.19. The van der Waals surface area contributed by atoms with Crippen molar-refractivity contribution < 1.29 is 19.1 Å². The second-order valence-corrected chi connectivity index (χ2v) is 5.99. The number of carbonyl (C=O) groups excluding carboxylic acids is 1. The summed E-state index contributed by atoms with van der Waals surface area (Å²) in [6.07, 6.45) is 5.10. The molecule has 0 aromatic heterocycles. The van der Waals surface area contributed by atoms with Crippen molar-refractivity contribution in [3.63, 3.8) is 0 Å². The first-order valence-corrected chi connectivity index (χ1v) is 7.93. The van der Waals surface area contributed by atoms with Crippen molar-refractivity contribution in [2.45, 2.75) is 30.6 Å². The predicted molar refractivity (Wildman–Crippen MR) is 80.5 cm³/mol. The Balaban J connectivity index is 1.99. The molecular formula is C14H17FN2O3S. The van der Waals surface area contributed by atoms with Crippen molar-refractivity contribution in [1.29, 1.82) is 0 Å². The van der Waals surface area contributed by atoms with Crippen LogP contribution in [0.25, 0.3) is 0 Å². The number of hydrogen-bond acceptors (Lipinski definition) is 3. The molecule has 21 heavy (non-hydrogen) atoms. The number of anilines is 1. The summed E-state index contributed by atoms with van der Waals surface area (Å²) in [5, 5.41) is 14.7. The van der Waals surface area contributed by atoms with Gasteiger partial charge in [0, 0.05) is 17.0 Å². The molecule has 2 unspecified atom stereocenters. The number of urea groups is 1. The molecule has 1 aliphatic rings. The van der Waals surface area contributed by atoms with Crippen molar-refractivity contribution in [2.75, 3.05) is 11.6 Å². The highest BCUT2D eigenvalue weighted by molar-refractivity contribution is 7.99. The van der Waals surface area contributed by atoms with Crippen LogP contribution in [-0.4, -0.2) is 34.7 Å². The Kier molecular flexibility index (Phi) is 5.06. The molecule has 1 aromatic carbocycles. The number of rotatable bonds is 4. The average Bonchev–Trinajstić information content (AvgIpc) is 2.87. The molecule has 1 fully saturated rings. The third-order valence-electron chi connectivity index (χ3n) is 3.53. The van der Waals surface area contributed by atoms with E-state index in [0.717, 1.165) is 31.4 Å². The van der Waals surface area contributed by atoms with Gasteiger partial charge in [0.15, 0.2) is 0 Å². The third-order valence-corrected chi connectivity index (χ3v) is 4.70. The molecule has 2 atom stereocenters. The lowest BCUT2D eigenvalue weighted by molar-refractivity contribution is 0.0692. The Hall–Kier alpha value is -1.76. The Morgan fingerprint density at radius 3 is 2.81 bits per heavy atom. The highest BCUT2D eigenvalue weighted by Gasteiger charge is 2.27. The summed E-state index contributed by atoms with van der Waals surface area (Å²) in [6.45, 7) is 0. The largest absolute Gasteiger partial charge is 0.478 e. The third kappa shape index (κ3) is 3.87. The molecule has 5 nitrogen and oxygen atoms in total. The Labute approximate surface area is 126 Å². The van der Waals surface area contributed by atoms with Gasteiger partial charge in [0.1, 0.15) is 5.82 Å². The van der Waals surface area contributed by atoms with Crippen molar-refractivity contribution in [1.82, 2.24) is 5.32 Å². The molecule has 0 bridgehead atoms. The molecule has 1 aliphatic carbocycles. The van der Waals surface area contributed by atoms with Crippen LogP contribution < -0.4 is 10.6 Å². The average molecular weight is 312 g/mol. The molecular weight excluding hydrogens is 295 g/mol. The van der Waals surface area contributed by atoms with Crippen LogP contribution in [0.2, 0.25) is 0 Å².